The van der Waals surface area contributed by atoms with Gasteiger partial charge in [0.25, 0.3) is 0 Å². The summed E-state index contributed by atoms with van der Waals surface area (Å²) in [4.78, 5) is 3.81. The molecule has 0 bridgehead atoms. The fourth-order valence-corrected chi connectivity index (χ4v) is 2.32. The molecule has 0 aliphatic rings. The lowest BCUT2D eigenvalue weighted by Gasteiger charge is -2.09. The van der Waals surface area contributed by atoms with Gasteiger partial charge in [-0.3, -0.25) is 4.99 Å². The quantitative estimate of drug-likeness (QED) is 0.337. The van der Waals surface area contributed by atoms with E-state index in [1.807, 2.05) is 0 Å². The average Bonchev–Trinajstić information content (AvgIpc) is 3.08. The molecule has 3 aromatic rings. The first-order valence-corrected chi connectivity index (χ1v) is 6.90. The third kappa shape index (κ3) is 2.77. The van der Waals surface area contributed by atoms with Gasteiger partial charge in [-0.25, -0.2) is 22.0 Å². The number of nitrogens with one attached hydrogen (secondary N) is 1. The molecule has 0 amide bonds. The molecule has 9 heteroatoms. The largest absolute Gasteiger partial charge is 0.294 e. The first kappa shape index (κ1) is 16.7. The van der Waals surface area contributed by atoms with E-state index in [2.05, 4.69) is 20.4 Å². The highest BCUT2D eigenvalue weighted by Gasteiger charge is 2.26. The third-order valence-corrected chi connectivity index (χ3v) is 3.48. The van der Waals surface area contributed by atoms with Crippen LogP contribution in [0.15, 0.2) is 29.3 Å². The Morgan fingerprint density at radius 2 is 1.32 bits per heavy atom. The van der Waals surface area contributed by atoms with Gasteiger partial charge in [0.05, 0.1) is 11.8 Å². The number of nitrogens with zero attached hydrogens (tertiary/aromatic N) is 3. The maximum absolute atomic E-state index is 13.9. The summed E-state index contributed by atoms with van der Waals surface area (Å²) >= 11 is 0. The number of aromatic amines is 1. The Labute approximate surface area is 138 Å². The highest BCUT2D eigenvalue weighted by atomic mass is 19.2. The highest BCUT2D eigenvalue weighted by Crippen LogP contribution is 2.32. The van der Waals surface area contributed by atoms with Gasteiger partial charge >= 0.3 is 0 Å². The number of rotatable bonds is 3. The van der Waals surface area contributed by atoms with Crippen molar-refractivity contribution in [2.45, 2.75) is 0 Å². The molecule has 128 valence electrons. The van der Waals surface area contributed by atoms with E-state index in [4.69, 9.17) is 0 Å². The second-order valence-electron chi connectivity index (χ2n) is 4.97. The second-order valence-corrected chi connectivity index (χ2v) is 4.97. The predicted molar refractivity (Wildman–Crippen MR) is 80.6 cm³/mol. The van der Waals surface area contributed by atoms with Crippen LogP contribution in [0.5, 0.6) is 0 Å². The van der Waals surface area contributed by atoms with Crippen LogP contribution in [0, 0.1) is 29.1 Å². The molecule has 1 heterocycles. The molecule has 2 aromatic carbocycles. The number of aromatic nitrogens is 3. The topological polar surface area (TPSA) is 53.9 Å². The molecule has 0 saturated heterocycles. The Hall–Kier alpha value is -3.10. The lowest BCUT2D eigenvalue weighted by atomic mass is 10.0. The van der Waals surface area contributed by atoms with Gasteiger partial charge in [0, 0.05) is 12.6 Å². The van der Waals surface area contributed by atoms with E-state index in [0.29, 0.717) is 17.0 Å². The van der Waals surface area contributed by atoms with Gasteiger partial charge in [-0.1, -0.05) is 24.3 Å². The highest BCUT2D eigenvalue weighted by molar-refractivity contribution is 5.86. The maximum atomic E-state index is 13.9. The normalized spacial score (nSPS) is 11.4. The molecule has 0 atom stereocenters. The van der Waals surface area contributed by atoms with E-state index in [0.717, 1.165) is 0 Å². The van der Waals surface area contributed by atoms with Crippen molar-refractivity contribution in [3.8, 4) is 22.4 Å². The molecular weight excluding hydrogens is 343 g/mol. The summed E-state index contributed by atoms with van der Waals surface area (Å²) in [5.74, 6) is -9.94. The van der Waals surface area contributed by atoms with Crippen molar-refractivity contribution in [2.75, 3.05) is 7.05 Å². The number of aliphatic imine (C=N–C) groups is 1. The molecule has 1 N–H and O–H groups in total. The molecule has 0 aliphatic carbocycles. The fourth-order valence-electron chi connectivity index (χ4n) is 2.32. The Morgan fingerprint density at radius 3 is 1.88 bits per heavy atom. The standard InChI is InChI=1S/C16H9F5N4/c1-22-6-9-16(24-25-23-9)8-4-2-7(3-5-8)10-11(17)13(19)15(21)14(20)12(10)18/h2-6H,1H3,(H,23,24,25). The lowest BCUT2D eigenvalue weighted by molar-refractivity contribution is 0.381. The van der Waals surface area contributed by atoms with E-state index in [1.165, 1.54) is 30.5 Å². The Balaban J connectivity index is 2.09. The van der Waals surface area contributed by atoms with Crippen LogP contribution < -0.4 is 0 Å². The molecule has 0 saturated carbocycles. The predicted octanol–water partition coefficient (Wildman–Crippen LogP) is 3.88. The molecule has 1 aromatic heterocycles. The second kappa shape index (κ2) is 6.42. The van der Waals surface area contributed by atoms with Crippen LogP contribution in [-0.4, -0.2) is 28.7 Å². The molecule has 4 nitrogen and oxygen atoms in total. The minimum atomic E-state index is -2.19. The average molecular weight is 352 g/mol. The maximum Gasteiger partial charge on any atom is 0.200 e. The van der Waals surface area contributed by atoms with Crippen LogP contribution in [0.1, 0.15) is 5.69 Å². The summed E-state index contributed by atoms with van der Waals surface area (Å²) in [5.41, 5.74) is 0.238. The van der Waals surface area contributed by atoms with Gasteiger partial charge in [0.2, 0.25) is 5.82 Å². The zero-order chi connectivity index (χ0) is 18.1. The van der Waals surface area contributed by atoms with E-state index in [9.17, 15) is 22.0 Å². The van der Waals surface area contributed by atoms with E-state index in [-0.39, 0.29) is 5.56 Å². The van der Waals surface area contributed by atoms with Crippen molar-refractivity contribution in [2.24, 2.45) is 4.99 Å². The van der Waals surface area contributed by atoms with Crippen LogP contribution in [0.25, 0.3) is 22.4 Å². The molecular formula is C16H9F5N4. The van der Waals surface area contributed by atoms with E-state index in [1.54, 1.807) is 7.05 Å². The van der Waals surface area contributed by atoms with Gasteiger partial charge in [-0.15, -0.1) is 0 Å². The van der Waals surface area contributed by atoms with Crippen LogP contribution >= 0.6 is 0 Å². The lowest BCUT2D eigenvalue weighted by Crippen LogP contribution is -2.04. The molecule has 25 heavy (non-hydrogen) atoms. The van der Waals surface area contributed by atoms with Crippen LogP contribution in [0.3, 0.4) is 0 Å². The van der Waals surface area contributed by atoms with Crippen LogP contribution in [-0.2, 0) is 0 Å². The zero-order valence-electron chi connectivity index (χ0n) is 12.6. The van der Waals surface area contributed by atoms with Crippen LogP contribution in [0.4, 0.5) is 22.0 Å². The fraction of sp³-hybridized carbons (Fsp3) is 0.0625. The molecule has 0 fully saturated rings. The summed E-state index contributed by atoms with van der Waals surface area (Å²) in [6.07, 6.45) is 1.46. The molecule has 0 spiro atoms. The van der Waals surface area contributed by atoms with Crippen molar-refractivity contribution >= 4 is 6.21 Å². The molecule has 0 unspecified atom stereocenters. The molecule has 3 rings (SSSR count). The number of halogens is 5. The van der Waals surface area contributed by atoms with Gasteiger partial charge in [0.15, 0.2) is 23.3 Å². The number of H-pyrrole nitrogens is 1. The van der Waals surface area contributed by atoms with Gasteiger partial charge in [0.1, 0.15) is 11.4 Å². The summed E-state index contributed by atoms with van der Waals surface area (Å²) < 4.78 is 67.5. The van der Waals surface area contributed by atoms with Gasteiger partial charge < -0.3 is 0 Å². The van der Waals surface area contributed by atoms with Gasteiger partial charge in [-0.05, 0) is 5.56 Å². The van der Waals surface area contributed by atoms with Gasteiger partial charge in [-0.2, -0.15) is 15.4 Å². The van der Waals surface area contributed by atoms with Crippen LogP contribution in [0.2, 0.25) is 0 Å². The Kier molecular flexibility index (Phi) is 4.30. The first-order chi connectivity index (χ1) is 12.0. The molecule has 0 radical (unpaired) electrons. The number of benzene rings is 2. The Morgan fingerprint density at radius 1 is 0.800 bits per heavy atom. The Bertz CT molecular complexity index is 934. The summed E-state index contributed by atoms with van der Waals surface area (Å²) in [7, 11) is 1.55. The minimum Gasteiger partial charge on any atom is -0.294 e. The van der Waals surface area contributed by atoms with E-state index < -0.39 is 34.6 Å². The summed E-state index contributed by atoms with van der Waals surface area (Å²) in [6.45, 7) is 0. The number of hydrogen-bond donors (Lipinski definition) is 1. The summed E-state index contributed by atoms with van der Waals surface area (Å²) in [5, 5.41) is 10.2. The van der Waals surface area contributed by atoms with Crippen molar-refractivity contribution in [3.63, 3.8) is 0 Å². The summed E-state index contributed by atoms with van der Waals surface area (Å²) in [6, 6.07) is 5.32. The van der Waals surface area contributed by atoms with Crippen molar-refractivity contribution in [1.82, 2.24) is 15.4 Å². The molecule has 0 aliphatic heterocycles. The van der Waals surface area contributed by atoms with Crippen molar-refractivity contribution in [1.29, 1.82) is 0 Å². The van der Waals surface area contributed by atoms with Crippen molar-refractivity contribution < 1.29 is 22.0 Å². The third-order valence-electron chi connectivity index (χ3n) is 3.48. The monoisotopic (exact) mass is 352 g/mol. The SMILES string of the molecule is CN=Cc1n[nH]nc1-c1ccc(-c2c(F)c(F)c(F)c(F)c2F)cc1. The van der Waals surface area contributed by atoms with E-state index >= 15 is 0 Å². The number of hydrogen-bond acceptors (Lipinski definition) is 3. The smallest absolute Gasteiger partial charge is 0.200 e. The zero-order valence-corrected chi connectivity index (χ0v) is 12.6. The first-order valence-electron chi connectivity index (χ1n) is 6.90. The minimum absolute atomic E-state index is 0.161. The van der Waals surface area contributed by atoms with Crippen molar-refractivity contribution in [3.05, 3.63) is 59.0 Å².